The van der Waals surface area contributed by atoms with E-state index in [-0.39, 0.29) is 12.4 Å². The Labute approximate surface area is 120 Å². The fourth-order valence-corrected chi connectivity index (χ4v) is 2.02. The van der Waals surface area contributed by atoms with Gasteiger partial charge in [0.15, 0.2) is 0 Å². The molecular weight excluding hydrogens is 288 g/mol. The van der Waals surface area contributed by atoms with Crippen LogP contribution < -0.4 is 10.5 Å². The molecule has 0 amide bonds. The van der Waals surface area contributed by atoms with Crippen molar-refractivity contribution in [1.29, 1.82) is 0 Å². The van der Waals surface area contributed by atoms with Crippen LogP contribution in [0.1, 0.15) is 11.1 Å². The van der Waals surface area contributed by atoms with Crippen LogP contribution in [0.2, 0.25) is 10.0 Å². The predicted molar refractivity (Wildman–Crippen MR) is 75.1 cm³/mol. The molecule has 0 aliphatic rings. The van der Waals surface area contributed by atoms with E-state index in [0.29, 0.717) is 27.9 Å². The van der Waals surface area contributed by atoms with Gasteiger partial charge in [-0.25, -0.2) is 4.39 Å². The third kappa shape index (κ3) is 3.60. The lowest BCUT2D eigenvalue weighted by Gasteiger charge is -2.11. The second kappa shape index (κ2) is 6.24. The molecule has 5 heteroatoms. The van der Waals surface area contributed by atoms with Crippen molar-refractivity contribution in [2.75, 3.05) is 0 Å². The van der Waals surface area contributed by atoms with Gasteiger partial charge in [0.2, 0.25) is 0 Å². The summed E-state index contributed by atoms with van der Waals surface area (Å²) in [5.41, 5.74) is 6.99. The third-order valence-corrected chi connectivity index (χ3v) is 3.24. The molecule has 0 aromatic heterocycles. The molecule has 0 atom stereocenters. The summed E-state index contributed by atoms with van der Waals surface area (Å²) in [6, 6.07) is 9.34. The Hall–Kier alpha value is -1.29. The fraction of sp³-hybridized carbons (Fsp3) is 0.143. The highest BCUT2D eigenvalue weighted by Crippen LogP contribution is 2.25. The highest BCUT2D eigenvalue weighted by Gasteiger charge is 2.06. The highest BCUT2D eigenvalue weighted by atomic mass is 35.5. The SMILES string of the molecule is NCc1cc(Cl)ccc1OCc1cc(F)ccc1Cl. The van der Waals surface area contributed by atoms with E-state index in [1.807, 2.05) is 0 Å². The van der Waals surface area contributed by atoms with Crippen molar-refractivity contribution in [2.45, 2.75) is 13.2 Å². The first-order chi connectivity index (χ1) is 9.10. The smallest absolute Gasteiger partial charge is 0.124 e. The molecule has 2 aromatic carbocycles. The predicted octanol–water partition coefficient (Wildman–Crippen LogP) is 4.17. The summed E-state index contributed by atoms with van der Waals surface area (Å²) in [5, 5.41) is 1.06. The highest BCUT2D eigenvalue weighted by molar-refractivity contribution is 6.31. The normalized spacial score (nSPS) is 10.5. The quantitative estimate of drug-likeness (QED) is 0.919. The zero-order chi connectivity index (χ0) is 13.8. The van der Waals surface area contributed by atoms with Gasteiger partial charge in [-0.1, -0.05) is 23.2 Å². The maximum Gasteiger partial charge on any atom is 0.124 e. The van der Waals surface area contributed by atoms with Crippen molar-refractivity contribution in [3.05, 3.63) is 63.4 Å². The van der Waals surface area contributed by atoms with Crippen LogP contribution in [0.4, 0.5) is 4.39 Å². The third-order valence-electron chi connectivity index (χ3n) is 2.63. The van der Waals surface area contributed by atoms with E-state index in [1.165, 1.54) is 18.2 Å². The molecule has 100 valence electrons. The summed E-state index contributed by atoms with van der Waals surface area (Å²) >= 11 is 11.8. The molecule has 0 bridgehead atoms. The van der Waals surface area contributed by atoms with E-state index in [0.717, 1.165) is 5.56 Å². The second-order valence-electron chi connectivity index (χ2n) is 3.98. The molecule has 0 spiro atoms. The summed E-state index contributed by atoms with van der Waals surface area (Å²) in [4.78, 5) is 0. The number of nitrogens with two attached hydrogens (primary N) is 1. The monoisotopic (exact) mass is 299 g/mol. The molecule has 0 saturated carbocycles. The molecule has 0 unspecified atom stereocenters. The number of hydrogen-bond donors (Lipinski definition) is 1. The first-order valence-electron chi connectivity index (χ1n) is 5.65. The minimum atomic E-state index is -0.349. The number of halogens is 3. The molecule has 0 heterocycles. The Morgan fingerprint density at radius 1 is 1.05 bits per heavy atom. The second-order valence-corrected chi connectivity index (χ2v) is 4.82. The first-order valence-corrected chi connectivity index (χ1v) is 6.41. The van der Waals surface area contributed by atoms with Crippen LogP contribution in [0.3, 0.4) is 0 Å². The van der Waals surface area contributed by atoms with E-state index in [4.69, 9.17) is 33.7 Å². The Balaban J connectivity index is 2.16. The van der Waals surface area contributed by atoms with Gasteiger partial charge >= 0.3 is 0 Å². The van der Waals surface area contributed by atoms with Gasteiger partial charge in [-0.3, -0.25) is 0 Å². The molecule has 0 radical (unpaired) electrons. The zero-order valence-electron chi connectivity index (χ0n) is 10.00. The van der Waals surface area contributed by atoms with Crippen LogP contribution in [-0.4, -0.2) is 0 Å². The van der Waals surface area contributed by atoms with Gasteiger partial charge in [0, 0.05) is 27.7 Å². The lowest BCUT2D eigenvalue weighted by atomic mass is 10.2. The Kier molecular flexibility index (Phi) is 4.64. The largest absolute Gasteiger partial charge is 0.489 e. The number of benzene rings is 2. The van der Waals surface area contributed by atoms with Gasteiger partial charge in [-0.15, -0.1) is 0 Å². The fourth-order valence-electron chi connectivity index (χ4n) is 1.66. The molecule has 19 heavy (non-hydrogen) atoms. The average molecular weight is 300 g/mol. The maximum atomic E-state index is 13.1. The standard InChI is InChI=1S/C14H12Cl2FNO/c15-11-1-4-14(9(5-11)7-18)19-8-10-6-12(17)2-3-13(10)16/h1-6H,7-8,18H2. The molecule has 0 aliphatic carbocycles. The molecule has 2 rings (SSSR count). The van der Waals surface area contributed by atoms with Crippen LogP contribution in [0.15, 0.2) is 36.4 Å². The van der Waals surface area contributed by atoms with Gasteiger partial charge in [-0.2, -0.15) is 0 Å². The molecule has 0 aliphatic heterocycles. The molecule has 2 nitrogen and oxygen atoms in total. The maximum absolute atomic E-state index is 13.1. The van der Waals surface area contributed by atoms with E-state index in [2.05, 4.69) is 0 Å². The molecule has 0 saturated heterocycles. The summed E-state index contributed by atoms with van der Waals surface area (Å²) in [5.74, 6) is 0.269. The van der Waals surface area contributed by atoms with Crippen LogP contribution in [0, 0.1) is 5.82 Å². The molecule has 2 N–H and O–H groups in total. The van der Waals surface area contributed by atoms with E-state index < -0.39 is 0 Å². The van der Waals surface area contributed by atoms with Crippen LogP contribution in [-0.2, 0) is 13.2 Å². The Morgan fingerprint density at radius 2 is 1.84 bits per heavy atom. The molecule has 0 fully saturated rings. The van der Waals surface area contributed by atoms with E-state index >= 15 is 0 Å². The van der Waals surface area contributed by atoms with Gasteiger partial charge in [0.1, 0.15) is 18.2 Å². The van der Waals surface area contributed by atoms with Crippen molar-refractivity contribution in [1.82, 2.24) is 0 Å². The first kappa shape index (κ1) is 14.1. The topological polar surface area (TPSA) is 35.2 Å². The minimum Gasteiger partial charge on any atom is -0.489 e. The van der Waals surface area contributed by atoms with Crippen molar-refractivity contribution >= 4 is 23.2 Å². The van der Waals surface area contributed by atoms with Crippen molar-refractivity contribution in [2.24, 2.45) is 5.73 Å². The Morgan fingerprint density at radius 3 is 2.58 bits per heavy atom. The zero-order valence-corrected chi connectivity index (χ0v) is 11.5. The van der Waals surface area contributed by atoms with Crippen molar-refractivity contribution in [3.8, 4) is 5.75 Å². The Bertz CT molecular complexity index is 590. The molecule has 2 aromatic rings. The van der Waals surface area contributed by atoms with Gasteiger partial charge in [0.25, 0.3) is 0 Å². The number of ether oxygens (including phenoxy) is 1. The van der Waals surface area contributed by atoms with Gasteiger partial charge in [-0.05, 0) is 36.4 Å². The van der Waals surface area contributed by atoms with E-state index in [9.17, 15) is 4.39 Å². The average Bonchev–Trinajstić information content (AvgIpc) is 2.40. The number of rotatable bonds is 4. The minimum absolute atomic E-state index is 0.172. The van der Waals surface area contributed by atoms with Crippen LogP contribution in [0.5, 0.6) is 5.75 Å². The summed E-state index contributed by atoms with van der Waals surface area (Å²) in [6.45, 7) is 0.484. The lowest BCUT2D eigenvalue weighted by molar-refractivity contribution is 0.302. The van der Waals surface area contributed by atoms with Crippen molar-refractivity contribution < 1.29 is 9.13 Å². The summed E-state index contributed by atoms with van der Waals surface area (Å²) < 4.78 is 18.7. The van der Waals surface area contributed by atoms with Crippen LogP contribution in [0.25, 0.3) is 0 Å². The number of hydrogen-bond acceptors (Lipinski definition) is 2. The molecular formula is C14H12Cl2FNO. The summed E-state index contributed by atoms with van der Waals surface area (Å²) in [7, 11) is 0. The van der Waals surface area contributed by atoms with Crippen LogP contribution >= 0.6 is 23.2 Å². The van der Waals surface area contributed by atoms with E-state index in [1.54, 1.807) is 18.2 Å². The van der Waals surface area contributed by atoms with Gasteiger partial charge in [0.05, 0.1) is 0 Å². The summed E-state index contributed by atoms with van der Waals surface area (Å²) in [6.07, 6.45) is 0. The lowest BCUT2D eigenvalue weighted by Crippen LogP contribution is -2.03. The van der Waals surface area contributed by atoms with Gasteiger partial charge < -0.3 is 10.5 Å². The van der Waals surface area contributed by atoms with Crippen molar-refractivity contribution in [3.63, 3.8) is 0 Å².